The molecule has 2 aromatic carbocycles. The highest BCUT2D eigenvalue weighted by molar-refractivity contribution is 14.1. The molecule has 0 amide bonds. The van der Waals surface area contributed by atoms with Crippen molar-refractivity contribution in [3.05, 3.63) is 76.0 Å². The summed E-state index contributed by atoms with van der Waals surface area (Å²) in [6, 6.07) is 8.43. The van der Waals surface area contributed by atoms with Gasteiger partial charge in [-0.25, -0.2) is 9.79 Å². The Morgan fingerprint density at radius 2 is 1.74 bits per heavy atom. The lowest BCUT2D eigenvalue weighted by atomic mass is 9.95. The van der Waals surface area contributed by atoms with Crippen LogP contribution < -0.4 is 33.8 Å². The molecule has 1 aliphatic heterocycles. The van der Waals surface area contributed by atoms with E-state index in [9.17, 15) is 9.59 Å². The van der Waals surface area contributed by atoms with E-state index in [0.717, 1.165) is 3.57 Å². The van der Waals surface area contributed by atoms with E-state index >= 15 is 0 Å². The van der Waals surface area contributed by atoms with Gasteiger partial charge in [0.25, 0.3) is 5.56 Å². The van der Waals surface area contributed by atoms with Crippen molar-refractivity contribution in [2.75, 3.05) is 20.8 Å². The van der Waals surface area contributed by atoms with Gasteiger partial charge in [0, 0.05) is 9.13 Å². The zero-order valence-electron chi connectivity index (χ0n) is 24.9. The highest BCUT2D eigenvalue weighted by atomic mass is 127. The number of ether oxygens (including phenoxy) is 5. The van der Waals surface area contributed by atoms with Gasteiger partial charge in [-0.2, -0.15) is 0 Å². The summed E-state index contributed by atoms with van der Waals surface area (Å²) in [6.45, 7) is 11.4. The lowest BCUT2D eigenvalue weighted by molar-refractivity contribution is -0.139. The minimum Gasteiger partial charge on any atom is -0.493 e. The molecule has 0 fully saturated rings. The molecule has 1 aliphatic rings. The molecule has 4 rings (SSSR count). The molecule has 11 heteroatoms. The molecule has 0 bridgehead atoms. The van der Waals surface area contributed by atoms with Gasteiger partial charge in [0.2, 0.25) is 0 Å². The quantitative estimate of drug-likeness (QED) is 0.217. The van der Waals surface area contributed by atoms with Gasteiger partial charge < -0.3 is 23.7 Å². The van der Waals surface area contributed by atoms with E-state index in [4.69, 9.17) is 23.7 Å². The van der Waals surface area contributed by atoms with E-state index in [1.807, 2.05) is 45.9 Å². The first-order valence-corrected chi connectivity index (χ1v) is 15.5. The van der Waals surface area contributed by atoms with Gasteiger partial charge in [-0.3, -0.25) is 9.36 Å². The van der Waals surface area contributed by atoms with E-state index in [1.54, 1.807) is 50.8 Å². The molecule has 0 aliphatic carbocycles. The topological polar surface area (TPSA) is 97.6 Å². The van der Waals surface area contributed by atoms with Crippen molar-refractivity contribution >= 4 is 46.0 Å². The molecule has 0 saturated carbocycles. The predicted molar refractivity (Wildman–Crippen MR) is 171 cm³/mol. The molecule has 0 radical (unpaired) electrons. The van der Waals surface area contributed by atoms with Gasteiger partial charge in [0.1, 0.15) is 0 Å². The van der Waals surface area contributed by atoms with Crippen LogP contribution >= 0.6 is 33.9 Å². The molecule has 224 valence electrons. The normalized spacial score (nSPS) is 15.0. The highest BCUT2D eigenvalue weighted by Gasteiger charge is 2.34. The Morgan fingerprint density at radius 1 is 1.05 bits per heavy atom. The average Bonchev–Trinajstić information content (AvgIpc) is 3.22. The summed E-state index contributed by atoms with van der Waals surface area (Å²) in [7, 11) is 3.14. The molecule has 9 nitrogen and oxygen atoms in total. The van der Waals surface area contributed by atoms with Crippen LogP contribution in [-0.4, -0.2) is 43.6 Å². The monoisotopic (exact) mass is 706 g/mol. The number of nitrogens with zero attached hydrogens (tertiary/aromatic N) is 2. The second-order valence-corrected chi connectivity index (χ2v) is 12.3. The van der Waals surface area contributed by atoms with Gasteiger partial charge in [-0.15, -0.1) is 0 Å². The molecule has 0 spiro atoms. The van der Waals surface area contributed by atoms with E-state index < -0.39 is 12.0 Å². The Bertz CT molecular complexity index is 1700. The molecule has 3 aromatic rings. The van der Waals surface area contributed by atoms with Crippen molar-refractivity contribution in [1.82, 2.24) is 4.57 Å². The van der Waals surface area contributed by atoms with Crippen molar-refractivity contribution < 1.29 is 28.5 Å². The van der Waals surface area contributed by atoms with Crippen molar-refractivity contribution in [3.8, 4) is 23.0 Å². The number of esters is 1. The number of benzene rings is 2. The molecular formula is C31H35IN2O7S. The number of methoxy groups -OCH3 is 2. The third-order valence-corrected chi connectivity index (χ3v) is 7.90. The Balaban J connectivity index is 1.98. The number of rotatable bonds is 10. The summed E-state index contributed by atoms with van der Waals surface area (Å²) < 4.78 is 31.6. The van der Waals surface area contributed by atoms with Gasteiger partial charge in [0.05, 0.1) is 54.9 Å². The van der Waals surface area contributed by atoms with Crippen LogP contribution in [0.4, 0.5) is 0 Å². The SMILES string of the molecule is CCOC(=O)C1=C(C)N=c2s/c(=C/c3cc(I)cc(OC)c3OC(C)C)c(=O)n2[C@@H]1c1ccc(OC(C)C)c(OC)c1. The Kier molecular flexibility index (Phi) is 10.0. The van der Waals surface area contributed by atoms with Gasteiger partial charge >= 0.3 is 5.97 Å². The summed E-state index contributed by atoms with van der Waals surface area (Å²) >= 11 is 3.45. The maximum Gasteiger partial charge on any atom is 0.338 e. The maximum absolute atomic E-state index is 14.2. The maximum atomic E-state index is 14.2. The minimum absolute atomic E-state index is 0.0658. The van der Waals surface area contributed by atoms with Crippen LogP contribution in [0, 0.1) is 3.57 Å². The standard InChI is InChI=1S/C31H35IN2O7S/c1-9-39-30(36)26-18(6)33-31-34(27(26)19-10-11-22(40-16(2)3)23(13-19)37-7)29(35)25(42-31)14-20-12-21(32)15-24(38-8)28(20)41-17(4)5/h10-17,27H,9H2,1-8H3/b25-14+/t27-/m1/s1. The molecule has 2 heterocycles. The molecule has 1 aromatic heterocycles. The van der Waals surface area contributed by atoms with Crippen LogP contribution in [0.3, 0.4) is 0 Å². The lowest BCUT2D eigenvalue weighted by Crippen LogP contribution is -2.40. The van der Waals surface area contributed by atoms with Gasteiger partial charge in [-0.1, -0.05) is 17.4 Å². The molecule has 0 saturated heterocycles. The van der Waals surface area contributed by atoms with Crippen LogP contribution in [0.2, 0.25) is 0 Å². The number of aromatic nitrogens is 1. The number of thiazole rings is 1. The molecule has 0 unspecified atom stereocenters. The number of hydrogen-bond donors (Lipinski definition) is 0. The second kappa shape index (κ2) is 13.3. The van der Waals surface area contributed by atoms with E-state index in [2.05, 4.69) is 27.6 Å². The largest absolute Gasteiger partial charge is 0.493 e. The van der Waals surface area contributed by atoms with Crippen molar-refractivity contribution in [3.63, 3.8) is 0 Å². The number of carbonyl (C=O) groups excluding carboxylic acids is 1. The lowest BCUT2D eigenvalue weighted by Gasteiger charge is -2.25. The summed E-state index contributed by atoms with van der Waals surface area (Å²) in [5, 5.41) is 0. The first-order valence-electron chi connectivity index (χ1n) is 13.6. The number of carbonyl (C=O) groups is 1. The first kappa shape index (κ1) is 31.6. The number of allylic oxidation sites excluding steroid dienone is 1. The number of halogens is 1. The fraction of sp³-hybridized carbons (Fsp3) is 0.387. The van der Waals surface area contributed by atoms with Gasteiger partial charge in [-0.05, 0) is 100 Å². The molecular weight excluding hydrogens is 671 g/mol. The average molecular weight is 707 g/mol. The molecule has 42 heavy (non-hydrogen) atoms. The summed E-state index contributed by atoms with van der Waals surface area (Å²) in [6.07, 6.45) is 1.61. The number of hydrogen-bond acceptors (Lipinski definition) is 9. The third-order valence-electron chi connectivity index (χ3n) is 6.29. The van der Waals surface area contributed by atoms with E-state index in [1.165, 1.54) is 11.3 Å². The van der Waals surface area contributed by atoms with Crippen LogP contribution in [0.15, 0.2) is 51.4 Å². The van der Waals surface area contributed by atoms with Crippen LogP contribution in [0.1, 0.15) is 58.7 Å². The van der Waals surface area contributed by atoms with E-state index in [-0.39, 0.29) is 29.9 Å². The predicted octanol–water partition coefficient (Wildman–Crippen LogP) is 4.99. The van der Waals surface area contributed by atoms with Crippen LogP contribution in [0.25, 0.3) is 6.08 Å². The minimum atomic E-state index is -0.790. The van der Waals surface area contributed by atoms with Crippen LogP contribution in [0.5, 0.6) is 23.0 Å². The fourth-order valence-corrected chi connectivity index (χ4v) is 6.32. The fourth-order valence-electron chi connectivity index (χ4n) is 4.66. The Hall–Kier alpha value is -3.32. The summed E-state index contributed by atoms with van der Waals surface area (Å²) in [5.74, 6) is 1.64. The van der Waals surface area contributed by atoms with Crippen molar-refractivity contribution in [1.29, 1.82) is 0 Å². The Morgan fingerprint density at radius 3 is 2.36 bits per heavy atom. The molecule has 1 atom stereocenters. The van der Waals surface area contributed by atoms with Crippen molar-refractivity contribution in [2.24, 2.45) is 4.99 Å². The van der Waals surface area contributed by atoms with Crippen LogP contribution in [-0.2, 0) is 9.53 Å². The zero-order valence-corrected chi connectivity index (χ0v) is 27.9. The Labute approximate surface area is 262 Å². The first-order chi connectivity index (χ1) is 20.0. The molecule has 0 N–H and O–H groups in total. The summed E-state index contributed by atoms with van der Waals surface area (Å²) in [4.78, 5) is 32.6. The summed E-state index contributed by atoms with van der Waals surface area (Å²) in [5.41, 5.74) is 1.83. The number of fused-ring (bicyclic) bond motifs is 1. The highest BCUT2D eigenvalue weighted by Crippen LogP contribution is 2.37. The van der Waals surface area contributed by atoms with Gasteiger partial charge in [0.15, 0.2) is 27.8 Å². The smallest absolute Gasteiger partial charge is 0.338 e. The van der Waals surface area contributed by atoms with E-state index in [0.29, 0.717) is 49.2 Å². The second-order valence-electron chi connectivity index (χ2n) is 10.1. The zero-order chi connectivity index (χ0) is 30.7. The van der Waals surface area contributed by atoms with Crippen molar-refractivity contribution in [2.45, 2.75) is 59.8 Å². The third kappa shape index (κ3) is 6.51.